The Morgan fingerprint density at radius 3 is 2.59 bits per heavy atom. The van der Waals surface area contributed by atoms with Gasteiger partial charge in [-0.05, 0) is 56.5 Å². The molecule has 9 heteroatoms. The van der Waals surface area contributed by atoms with Crippen LogP contribution >= 0.6 is 11.3 Å². The van der Waals surface area contributed by atoms with Gasteiger partial charge in [0.1, 0.15) is 5.75 Å². The number of rotatable bonds is 7. The fourth-order valence-electron chi connectivity index (χ4n) is 4.63. The molecule has 3 amide bonds. The number of carbonyl (C=O) groups is 2. The fourth-order valence-corrected chi connectivity index (χ4v) is 5.33. The van der Waals surface area contributed by atoms with Crippen LogP contribution in [0.1, 0.15) is 38.2 Å². The first kappa shape index (κ1) is 24.5. The number of ether oxygens (including phenoxy) is 1. The van der Waals surface area contributed by atoms with Crippen LogP contribution in [0.5, 0.6) is 5.75 Å². The summed E-state index contributed by atoms with van der Waals surface area (Å²) in [5.41, 5.74) is 2.97. The molecule has 0 radical (unpaired) electrons. The van der Waals surface area contributed by atoms with Gasteiger partial charge in [-0.3, -0.25) is 15.0 Å². The molecule has 2 fully saturated rings. The molecule has 0 spiro atoms. The van der Waals surface area contributed by atoms with Crippen LogP contribution < -0.4 is 10.1 Å². The van der Waals surface area contributed by atoms with Crippen molar-refractivity contribution < 1.29 is 14.3 Å². The van der Waals surface area contributed by atoms with E-state index in [0.29, 0.717) is 37.9 Å². The predicted molar refractivity (Wildman–Crippen MR) is 136 cm³/mol. The molecule has 3 heterocycles. The number of likely N-dealkylation sites (tertiary alicyclic amines) is 1. The number of benzene rings is 1. The van der Waals surface area contributed by atoms with E-state index in [4.69, 9.17) is 4.74 Å². The molecule has 1 aromatic carbocycles. The molecule has 1 aromatic heterocycles. The van der Waals surface area contributed by atoms with Crippen molar-refractivity contribution in [2.45, 2.75) is 39.0 Å². The number of anilines is 1. The summed E-state index contributed by atoms with van der Waals surface area (Å²) in [6.45, 7) is 7.11. The smallest absolute Gasteiger partial charge is 0.323 e. The molecular weight excluding hydrogens is 450 g/mol. The topological polar surface area (TPSA) is 78.0 Å². The Morgan fingerprint density at radius 1 is 1.06 bits per heavy atom. The zero-order valence-corrected chi connectivity index (χ0v) is 21.0. The third kappa shape index (κ3) is 6.07. The van der Waals surface area contributed by atoms with Crippen molar-refractivity contribution in [3.05, 3.63) is 29.1 Å². The summed E-state index contributed by atoms with van der Waals surface area (Å²) < 4.78 is 5.54. The second kappa shape index (κ2) is 11.7. The monoisotopic (exact) mass is 485 g/mol. The molecule has 2 saturated heterocycles. The number of methoxy groups -OCH3 is 1. The minimum absolute atomic E-state index is 0.165. The standard InChI is InChI=1S/C25H35N5O3S/c1-3-7-19-8-9-22(33-2)20(16-19)21-18-34-24(26-21)27-25(32)30-13-6-12-29(14-15-30)23(31)17-28-10-4-5-11-28/h8-9,16,18H,3-7,10-15,17H2,1-2H3,(H,26,27,32). The zero-order valence-electron chi connectivity index (χ0n) is 20.2. The molecule has 0 saturated carbocycles. The van der Waals surface area contributed by atoms with Crippen molar-refractivity contribution in [3.63, 3.8) is 0 Å². The number of nitrogens with one attached hydrogen (secondary N) is 1. The van der Waals surface area contributed by atoms with Crippen LogP contribution in [0.25, 0.3) is 11.3 Å². The molecule has 0 atom stereocenters. The number of carbonyl (C=O) groups excluding carboxylic acids is 2. The van der Waals surface area contributed by atoms with E-state index in [1.54, 1.807) is 12.0 Å². The van der Waals surface area contributed by atoms with E-state index in [-0.39, 0.29) is 11.9 Å². The second-order valence-corrected chi connectivity index (χ2v) is 9.82. The molecule has 2 aromatic rings. The SMILES string of the molecule is CCCc1ccc(OC)c(-c2csc(NC(=O)N3CCCN(C(=O)CN4CCCC4)CC3)n2)c1. The summed E-state index contributed by atoms with van der Waals surface area (Å²) in [5, 5.41) is 5.46. The molecule has 184 valence electrons. The van der Waals surface area contributed by atoms with Gasteiger partial charge < -0.3 is 14.5 Å². The van der Waals surface area contributed by atoms with Gasteiger partial charge in [0.25, 0.3) is 0 Å². The highest BCUT2D eigenvalue weighted by atomic mass is 32.1. The van der Waals surface area contributed by atoms with Crippen molar-refractivity contribution in [1.82, 2.24) is 19.7 Å². The number of urea groups is 1. The van der Waals surface area contributed by atoms with E-state index in [2.05, 4.69) is 34.3 Å². The number of nitrogens with zero attached hydrogens (tertiary/aromatic N) is 4. The molecular formula is C25H35N5O3S. The molecule has 2 aliphatic heterocycles. The number of amides is 3. The van der Waals surface area contributed by atoms with E-state index in [1.807, 2.05) is 16.3 Å². The summed E-state index contributed by atoms with van der Waals surface area (Å²) in [5.74, 6) is 0.946. The van der Waals surface area contributed by atoms with E-state index in [0.717, 1.165) is 49.4 Å². The maximum atomic E-state index is 12.9. The van der Waals surface area contributed by atoms with Crippen molar-refractivity contribution in [1.29, 1.82) is 0 Å². The first-order valence-electron chi connectivity index (χ1n) is 12.3. The lowest BCUT2D eigenvalue weighted by atomic mass is 10.0. The van der Waals surface area contributed by atoms with E-state index < -0.39 is 0 Å². The van der Waals surface area contributed by atoms with Crippen LogP contribution in [-0.4, -0.2) is 84.5 Å². The van der Waals surface area contributed by atoms with Gasteiger partial charge in [-0.25, -0.2) is 9.78 Å². The Balaban J connectivity index is 1.35. The third-order valence-electron chi connectivity index (χ3n) is 6.49. The quantitative estimate of drug-likeness (QED) is 0.643. The Morgan fingerprint density at radius 2 is 1.82 bits per heavy atom. The van der Waals surface area contributed by atoms with Crippen molar-refractivity contribution in [2.75, 3.05) is 58.2 Å². The van der Waals surface area contributed by atoms with E-state index >= 15 is 0 Å². The molecule has 0 bridgehead atoms. The first-order valence-corrected chi connectivity index (χ1v) is 13.1. The van der Waals surface area contributed by atoms with Gasteiger partial charge >= 0.3 is 6.03 Å². The molecule has 2 aliphatic rings. The molecule has 4 rings (SSSR count). The average Bonchev–Trinajstić information content (AvgIpc) is 3.45. The van der Waals surface area contributed by atoms with E-state index in [1.165, 1.54) is 29.7 Å². The number of hydrogen-bond donors (Lipinski definition) is 1. The van der Waals surface area contributed by atoms with Crippen LogP contribution in [-0.2, 0) is 11.2 Å². The summed E-state index contributed by atoms with van der Waals surface area (Å²) in [6, 6.07) is 6.01. The summed E-state index contributed by atoms with van der Waals surface area (Å²) >= 11 is 1.41. The first-order chi connectivity index (χ1) is 16.6. The predicted octanol–water partition coefficient (Wildman–Crippen LogP) is 3.93. The van der Waals surface area contributed by atoms with Crippen molar-refractivity contribution in [3.8, 4) is 17.0 Å². The fraction of sp³-hybridized carbons (Fsp3) is 0.560. The normalized spacial score (nSPS) is 17.0. The highest BCUT2D eigenvalue weighted by molar-refractivity contribution is 7.14. The number of aromatic nitrogens is 1. The Kier molecular flexibility index (Phi) is 8.39. The minimum atomic E-state index is -0.165. The Bertz CT molecular complexity index is 989. The summed E-state index contributed by atoms with van der Waals surface area (Å²) in [6.07, 6.45) is 5.20. The van der Waals surface area contributed by atoms with Gasteiger partial charge in [-0.1, -0.05) is 19.4 Å². The number of hydrogen-bond acceptors (Lipinski definition) is 6. The molecule has 0 unspecified atom stereocenters. The second-order valence-electron chi connectivity index (χ2n) is 8.96. The van der Waals surface area contributed by atoms with Crippen LogP contribution in [0, 0.1) is 0 Å². The third-order valence-corrected chi connectivity index (χ3v) is 7.25. The largest absolute Gasteiger partial charge is 0.496 e. The lowest BCUT2D eigenvalue weighted by Gasteiger charge is -2.24. The summed E-state index contributed by atoms with van der Waals surface area (Å²) in [4.78, 5) is 36.2. The zero-order chi connectivity index (χ0) is 23.9. The average molecular weight is 486 g/mol. The minimum Gasteiger partial charge on any atom is -0.496 e. The summed E-state index contributed by atoms with van der Waals surface area (Å²) in [7, 11) is 1.66. The van der Waals surface area contributed by atoms with Gasteiger partial charge in [-0.15, -0.1) is 11.3 Å². The number of thiazole rings is 1. The Hall–Kier alpha value is -2.65. The highest BCUT2D eigenvalue weighted by Gasteiger charge is 2.24. The van der Waals surface area contributed by atoms with Crippen molar-refractivity contribution >= 4 is 28.4 Å². The molecule has 0 aliphatic carbocycles. The van der Waals surface area contributed by atoms with Gasteiger partial charge in [0.2, 0.25) is 5.91 Å². The molecule has 34 heavy (non-hydrogen) atoms. The maximum Gasteiger partial charge on any atom is 0.323 e. The maximum absolute atomic E-state index is 12.9. The van der Waals surface area contributed by atoms with Gasteiger partial charge in [0.15, 0.2) is 5.13 Å². The Labute approximate surface area is 205 Å². The van der Waals surface area contributed by atoms with Crippen LogP contribution in [0.15, 0.2) is 23.6 Å². The number of aryl methyl sites for hydroxylation is 1. The highest BCUT2D eigenvalue weighted by Crippen LogP contribution is 2.33. The molecule has 8 nitrogen and oxygen atoms in total. The lowest BCUT2D eigenvalue weighted by molar-refractivity contribution is -0.132. The van der Waals surface area contributed by atoms with Gasteiger partial charge in [0, 0.05) is 37.1 Å². The van der Waals surface area contributed by atoms with Gasteiger partial charge in [-0.2, -0.15) is 0 Å². The van der Waals surface area contributed by atoms with Gasteiger partial charge in [0.05, 0.1) is 19.3 Å². The van der Waals surface area contributed by atoms with Crippen molar-refractivity contribution in [2.24, 2.45) is 0 Å². The lowest BCUT2D eigenvalue weighted by Crippen LogP contribution is -2.42. The van der Waals surface area contributed by atoms with Crippen LogP contribution in [0.3, 0.4) is 0 Å². The van der Waals surface area contributed by atoms with E-state index in [9.17, 15) is 9.59 Å². The van der Waals surface area contributed by atoms with Crippen LogP contribution in [0.2, 0.25) is 0 Å². The molecule has 1 N–H and O–H groups in total. The van der Waals surface area contributed by atoms with Crippen LogP contribution in [0.4, 0.5) is 9.93 Å².